The van der Waals surface area contributed by atoms with Gasteiger partial charge < -0.3 is 9.64 Å². The van der Waals surface area contributed by atoms with E-state index >= 15 is 0 Å². The van der Waals surface area contributed by atoms with Gasteiger partial charge in [-0.2, -0.15) is 4.31 Å². The zero-order valence-electron chi connectivity index (χ0n) is 16.8. The molecule has 1 aliphatic rings. The number of carbonyl (C=O) groups is 1. The lowest BCUT2D eigenvalue weighted by molar-refractivity contribution is -0.130. The highest BCUT2D eigenvalue weighted by molar-refractivity contribution is 7.89. The van der Waals surface area contributed by atoms with Gasteiger partial charge in [0, 0.05) is 26.6 Å². The number of ether oxygens (including phenoxy) is 1. The van der Waals surface area contributed by atoms with E-state index in [0.29, 0.717) is 44.0 Å². The predicted molar refractivity (Wildman–Crippen MR) is 112 cm³/mol. The summed E-state index contributed by atoms with van der Waals surface area (Å²) in [6.45, 7) is 2.15. The smallest absolute Gasteiger partial charge is 0.243 e. The number of likely N-dealkylation sites (N-methyl/N-ethyl adjacent to an activating group) is 1. The molecule has 0 bridgehead atoms. The summed E-state index contributed by atoms with van der Waals surface area (Å²) in [5.41, 5.74) is 0.952. The number of para-hydroxylation sites is 1. The Labute approximate surface area is 173 Å². The molecule has 0 atom stereocenters. The van der Waals surface area contributed by atoms with Crippen LogP contribution in [0.3, 0.4) is 0 Å². The highest BCUT2D eigenvalue weighted by atomic mass is 32.2. The molecule has 1 saturated heterocycles. The topological polar surface area (TPSA) is 66.9 Å². The average Bonchev–Trinajstić information content (AvgIpc) is 3.29. The van der Waals surface area contributed by atoms with Crippen LogP contribution < -0.4 is 4.74 Å². The van der Waals surface area contributed by atoms with Gasteiger partial charge in [-0.25, -0.2) is 8.42 Å². The van der Waals surface area contributed by atoms with E-state index in [1.54, 1.807) is 36.2 Å². The van der Waals surface area contributed by atoms with Gasteiger partial charge in [0.05, 0.1) is 11.4 Å². The first-order valence-electron chi connectivity index (χ1n) is 9.98. The molecule has 1 aliphatic heterocycles. The van der Waals surface area contributed by atoms with Crippen molar-refractivity contribution in [1.82, 2.24) is 9.21 Å². The van der Waals surface area contributed by atoms with Crippen LogP contribution in [0.2, 0.25) is 0 Å². The van der Waals surface area contributed by atoms with Crippen molar-refractivity contribution in [2.24, 2.45) is 0 Å². The van der Waals surface area contributed by atoms with Gasteiger partial charge in [-0.3, -0.25) is 4.79 Å². The minimum absolute atomic E-state index is 0.0374. The van der Waals surface area contributed by atoms with E-state index in [9.17, 15) is 13.2 Å². The first kappa shape index (κ1) is 21.3. The molecule has 6 nitrogen and oxygen atoms in total. The fourth-order valence-corrected chi connectivity index (χ4v) is 4.81. The Balaban J connectivity index is 1.44. The van der Waals surface area contributed by atoms with Crippen molar-refractivity contribution >= 4 is 15.9 Å². The van der Waals surface area contributed by atoms with Crippen molar-refractivity contribution in [3.05, 3.63) is 60.2 Å². The van der Waals surface area contributed by atoms with Gasteiger partial charge >= 0.3 is 0 Å². The summed E-state index contributed by atoms with van der Waals surface area (Å²) in [5, 5.41) is 0. The van der Waals surface area contributed by atoms with Crippen molar-refractivity contribution in [3.63, 3.8) is 0 Å². The lowest BCUT2D eigenvalue weighted by atomic mass is 10.1. The predicted octanol–water partition coefficient (Wildman–Crippen LogP) is 2.94. The number of nitrogens with zero attached hydrogens (tertiary/aromatic N) is 2. The van der Waals surface area contributed by atoms with E-state index in [1.165, 1.54) is 4.31 Å². The fraction of sp³-hybridized carbons (Fsp3) is 0.409. The number of hydrogen-bond donors (Lipinski definition) is 0. The third kappa shape index (κ3) is 5.81. The highest BCUT2D eigenvalue weighted by Gasteiger charge is 2.26. The molecule has 0 saturated carbocycles. The maximum absolute atomic E-state index is 12.6. The third-order valence-electron chi connectivity index (χ3n) is 5.12. The van der Waals surface area contributed by atoms with Crippen LogP contribution in [0.5, 0.6) is 5.75 Å². The van der Waals surface area contributed by atoms with Crippen LogP contribution in [0, 0.1) is 0 Å². The van der Waals surface area contributed by atoms with Crippen molar-refractivity contribution < 1.29 is 17.9 Å². The summed E-state index contributed by atoms with van der Waals surface area (Å²) in [5.74, 6) is 0.827. The summed E-state index contributed by atoms with van der Waals surface area (Å²) >= 11 is 0. The summed E-state index contributed by atoms with van der Waals surface area (Å²) in [4.78, 5) is 14.3. The van der Waals surface area contributed by atoms with Gasteiger partial charge in [0.1, 0.15) is 12.4 Å². The SMILES string of the molecule is CN(CCOc1ccccc1)C(=O)CCc1ccc(S(=O)(=O)N2CCCC2)cc1. The summed E-state index contributed by atoms with van der Waals surface area (Å²) in [7, 11) is -1.62. The van der Waals surface area contributed by atoms with Gasteiger partial charge in [0.2, 0.25) is 15.9 Å². The zero-order chi connectivity index (χ0) is 20.7. The summed E-state index contributed by atoms with van der Waals surface area (Å²) in [6, 6.07) is 16.4. The van der Waals surface area contributed by atoms with E-state index in [4.69, 9.17) is 4.74 Å². The Hall–Kier alpha value is -2.38. The molecule has 2 aromatic carbocycles. The van der Waals surface area contributed by atoms with Crippen molar-refractivity contribution in [1.29, 1.82) is 0 Å². The quantitative estimate of drug-likeness (QED) is 0.630. The van der Waals surface area contributed by atoms with Gasteiger partial charge in [-0.05, 0) is 49.1 Å². The van der Waals surface area contributed by atoms with Gasteiger partial charge in [0.15, 0.2) is 0 Å². The molecule has 3 rings (SSSR count). The molecule has 156 valence electrons. The molecule has 1 fully saturated rings. The minimum atomic E-state index is -3.39. The Morgan fingerprint density at radius 2 is 1.69 bits per heavy atom. The maximum atomic E-state index is 12.6. The molecular weight excluding hydrogens is 388 g/mol. The van der Waals surface area contributed by atoms with Crippen molar-refractivity contribution in [2.75, 3.05) is 33.3 Å². The molecule has 1 amide bonds. The highest BCUT2D eigenvalue weighted by Crippen LogP contribution is 2.21. The maximum Gasteiger partial charge on any atom is 0.243 e. The summed E-state index contributed by atoms with van der Waals surface area (Å²) < 4.78 is 32.3. The largest absolute Gasteiger partial charge is 0.492 e. The molecular formula is C22H28N2O4S. The van der Waals surface area contributed by atoms with Crippen molar-refractivity contribution in [3.8, 4) is 5.75 Å². The standard InChI is InChI=1S/C22H28N2O4S/c1-23(17-18-28-20-7-3-2-4-8-20)22(25)14-11-19-9-12-21(13-10-19)29(26,27)24-15-5-6-16-24/h2-4,7-10,12-13H,5-6,11,14-18H2,1H3. The molecule has 2 aromatic rings. The van der Waals surface area contributed by atoms with Crippen LogP contribution >= 0.6 is 0 Å². The Bertz CT molecular complexity index is 892. The second-order valence-electron chi connectivity index (χ2n) is 7.23. The van der Waals surface area contributed by atoms with E-state index in [-0.39, 0.29) is 5.91 Å². The van der Waals surface area contributed by atoms with E-state index in [2.05, 4.69) is 0 Å². The van der Waals surface area contributed by atoms with Crippen LogP contribution in [-0.4, -0.2) is 56.8 Å². The third-order valence-corrected chi connectivity index (χ3v) is 7.03. The van der Waals surface area contributed by atoms with Gasteiger partial charge in [-0.1, -0.05) is 30.3 Å². The van der Waals surface area contributed by atoms with E-state index < -0.39 is 10.0 Å². The number of carbonyl (C=O) groups excluding carboxylic acids is 1. The Morgan fingerprint density at radius 3 is 2.34 bits per heavy atom. The average molecular weight is 417 g/mol. The molecule has 0 unspecified atom stereocenters. The molecule has 0 aliphatic carbocycles. The van der Waals surface area contributed by atoms with Gasteiger partial charge in [0.25, 0.3) is 0 Å². The molecule has 0 N–H and O–H groups in total. The van der Waals surface area contributed by atoms with E-state index in [1.807, 2.05) is 30.3 Å². The Morgan fingerprint density at radius 1 is 1.03 bits per heavy atom. The lowest BCUT2D eigenvalue weighted by Gasteiger charge is -2.18. The number of rotatable bonds is 9. The van der Waals surface area contributed by atoms with Crippen molar-refractivity contribution in [2.45, 2.75) is 30.6 Å². The second-order valence-corrected chi connectivity index (χ2v) is 9.17. The van der Waals surface area contributed by atoms with Crippen LogP contribution in [0.4, 0.5) is 0 Å². The number of hydrogen-bond acceptors (Lipinski definition) is 4. The fourth-order valence-electron chi connectivity index (χ4n) is 3.29. The molecule has 1 heterocycles. The molecule has 0 aromatic heterocycles. The monoisotopic (exact) mass is 416 g/mol. The number of aryl methyl sites for hydroxylation is 1. The summed E-state index contributed by atoms with van der Waals surface area (Å²) in [6.07, 6.45) is 2.79. The number of benzene rings is 2. The van der Waals surface area contributed by atoms with E-state index in [0.717, 1.165) is 24.2 Å². The van der Waals surface area contributed by atoms with Crippen LogP contribution in [-0.2, 0) is 21.2 Å². The van der Waals surface area contributed by atoms with Gasteiger partial charge in [-0.15, -0.1) is 0 Å². The normalized spacial score (nSPS) is 14.7. The first-order chi connectivity index (χ1) is 14.0. The van der Waals surface area contributed by atoms with Crippen LogP contribution in [0.15, 0.2) is 59.5 Å². The Kier molecular flexibility index (Phi) is 7.28. The number of amides is 1. The first-order valence-corrected chi connectivity index (χ1v) is 11.4. The molecule has 0 radical (unpaired) electrons. The number of sulfonamides is 1. The molecule has 7 heteroatoms. The lowest BCUT2D eigenvalue weighted by Crippen LogP contribution is -2.31. The van der Waals surface area contributed by atoms with Crippen LogP contribution in [0.1, 0.15) is 24.8 Å². The second kappa shape index (κ2) is 9.89. The molecule has 0 spiro atoms. The minimum Gasteiger partial charge on any atom is -0.492 e. The van der Waals surface area contributed by atoms with Crippen LogP contribution in [0.25, 0.3) is 0 Å². The zero-order valence-corrected chi connectivity index (χ0v) is 17.6. The molecule has 29 heavy (non-hydrogen) atoms.